The Labute approximate surface area is 82.7 Å². The van der Waals surface area contributed by atoms with Crippen LogP contribution in [0, 0.1) is 0 Å². The summed E-state index contributed by atoms with van der Waals surface area (Å²) in [5, 5.41) is 16.7. The van der Waals surface area contributed by atoms with Crippen LogP contribution in [0.15, 0.2) is 6.20 Å². The van der Waals surface area contributed by atoms with Crippen molar-refractivity contribution < 1.29 is 9.84 Å². The first-order chi connectivity index (χ1) is 6.85. The molecular weight excluding hydrogens is 182 g/mol. The van der Waals surface area contributed by atoms with Crippen LogP contribution in [0.2, 0.25) is 0 Å². The third kappa shape index (κ3) is 1.65. The lowest BCUT2D eigenvalue weighted by atomic mass is 9.89. The molecule has 5 nitrogen and oxygen atoms in total. The molecule has 1 fully saturated rings. The highest BCUT2D eigenvalue weighted by Crippen LogP contribution is 2.33. The third-order valence-corrected chi connectivity index (χ3v) is 2.74. The smallest absolute Gasteiger partial charge is 0.0850 e. The molecule has 0 aliphatic heterocycles. The number of methoxy groups -OCH3 is 1. The largest absolute Gasteiger partial charge is 0.396 e. The first-order valence-corrected chi connectivity index (χ1v) is 4.89. The maximum Gasteiger partial charge on any atom is 0.0850 e. The lowest BCUT2D eigenvalue weighted by molar-refractivity contribution is -0.0145. The normalized spacial score (nSPS) is 26.1. The summed E-state index contributed by atoms with van der Waals surface area (Å²) in [6.07, 6.45) is 4.94. The molecule has 0 saturated heterocycles. The van der Waals surface area contributed by atoms with Crippen molar-refractivity contribution in [2.75, 3.05) is 13.7 Å². The monoisotopic (exact) mass is 197 g/mol. The number of nitrogens with zero attached hydrogens (tertiary/aromatic N) is 3. The molecule has 1 aliphatic rings. The zero-order valence-electron chi connectivity index (χ0n) is 8.26. The Morgan fingerprint density at radius 2 is 2.50 bits per heavy atom. The Morgan fingerprint density at radius 1 is 1.64 bits per heavy atom. The van der Waals surface area contributed by atoms with Gasteiger partial charge in [-0.25, -0.2) is 4.68 Å². The van der Waals surface area contributed by atoms with E-state index in [1.165, 1.54) is 0 Å². The fourth-order valence-corrected chi connectivity index (χ4v) is 1.73. The van der Waals surface area contributed by atoms with Crippen molar-refractivity contribution in [1.82, 2.24) is 15.0 Å². The first-order valence-electron chi connectivity index (χ1n) is 4.89. The van der Waals surface area contributed by atoms with Gasteiger partial charge in [-0.05, 0) is 12.8 Å². The van der Waals surface area contributed by atoms with Gasteiger partial charge in [0.1, 0.15) is 0 Å². The van der Waals surface area contributed by atoms with Gasteiger partial charge in [-0.3, -0.25) is 0 Å². The fraction of sp³-hybridized carbons (Fsp3) is 0.778. The standard InChI is InChI=1S/C9H15N3O2/c1-14-9-3-2-8(9)12-6-7(4-5-13)10-11-12/h6,8-9,13H,2-5H2,1H3. The summed E-state index contributed by atoms with van der Waals surface area (Å²) in [4.78, 5) is 0. The Bertz CT molecular complexity index is 298. The molecule has 1 aliphatic carbocycles. The fourth-order valence-electron chi connectivity index (χ4n) is 1.73. The molecular formula is C9H15N3O2. The first kappa shape index (κ1) is 9.61. The van der Waals surface area contributed by atoms with Crippen LogP contribution in [0.4, 0.5) is 0 Å². The predicted octanol–water partition coefficient (Wildman–Crippen LogP) is 0.163. The summed E-state index contributed by atoms with van der Waals surface area (Å²) in [6, 6.07) is 0.333. The molecule has 2 rings (SSSR count). The van der Waals surface area contributed by atoms with E-state index in [2.05, 4.69) is 10.3 Å². The van der Waals surface area contributed by atoms with Gasteiger partial charge in [0.05, 0.1) is 17.8 Å². The van der Waals surface area contributed by atoms with Crippen LogP contribution in [0.3, 0.4) is 0 Å². The van der Waals surface area contributed by atoms with E-state index in [0.29, 0.717) is 12.5 Å². The molecule has 0 bridgehead atoms. The maximum absolute atomic E-state index is 8.74. The zero-order valence-corrected chi connectivity index (χ0v) is 8.26. The van der Waals surface area contributed by atoms with Gasteiger partial charge >= 0.3 is 0 Å². The average Bonchev–Trinajstić information content (AvgIpc) is 2.53. The summed E-state index contributed by atoms with van der Waals surface area (Å²) in [5.41, 5.74) is 0.842. The van der Waals surface area contributed by atoms with Crippen LogP contribution in [0.25, 0.3) is 0 Å². The molecule has 0 amide bonds. The van der Waals surface area contributed by atoms with Crippen LogP contribution in [-0.4, -0.2) is 39.9 Å². The van der Waals surface area contributed by atoms with Gasteiger partial charge in [0.15, 0.2) is 0 Å². The summed E-state index contributed by atoms with van der Waals surface area (Å²) in [6.45, 7) is 0.122. The van der Waals surface area contributed by atoms with Crippen molar-refractivity contribution in [2.45, 2.75) is 31.4 Å². The molecule has 1 saturated carbocycles. The highest BCUT2D eigenvalue weighted by atomic mass is 16.5. The van der Waals surface area contributed by atoms with E-state index >= 15 is 0 Å². The van der Waals surface area contributed by atoms with Crippen LogP contribution in [-0.2, 0) is 11.2 Å². The van der Waals surface area contributed by atoms with Gasteiger partial charge in [0.2, 0.25) is 0 Å². The number of rotatable bonds is 4. The van der Waals surface area contributed by atoms with Gasteiger partial charge in [0, 0.05) is 26.3 Å². The van der Waals surface area contributed by atoms with Crippen molar-refractivity contribution in [3.8, 4) is 0 Å². The second kappa shape index (κ2) is 4.06. The Balaban J connectivity index is 2.02. The third-order valence-electron chi connectivity index (χ3n) is 2.74. The molecule has 1 aromatic heterocycles. The van der Waals surface area contributed by atoms with E-state index in [-0.39, 0.29) is 12.7 Å². The molecule has 1 N–H and O–H groups in total. The molecule has 5 heteroatoms. The van der Waals surface area contributed by atoms with Gasteiger partial charge < -0.3 is 9.84 Å². The van der Waals surface area contributed by atoms with Crippen LogP contribution < -0.4 is 0 Å². The number of aliphatic hydroxyl groups excluding tert-OH is 1. The highest BCUT2D eigenvalue weighted by Gasteiger charge is 2.33. The second-order valence-corrected chi connectivity index (χ2v) is 3.58. The van der Waals surface area contributed by atoms with E-state index < -0.39 is 0 Å². The van der Waals surface area contributed by atoms with E-state index in [1.54, 1.807) is 7.11 Å². The summed E-state index contributed by atoms with van der Waals surface area (Å²) in [7, 11) is 1.72. The van der Waals surface area contributed by atoms with Crippen LogP contribution in [0.5, 0.6) is 0 Å². The van der Waals surface area contributed by atoms with Gasteiger partial charge in [0.25, 0.3) is 0 Å². The molecule has 2 atom stereocenters. The molecule has 1 aromatic rings. The van der Waals surface area contributed by atoms with Gasteiger partial charge in [-0.1, -0.05) is 5.21 Å². The topological polar surface area (TPSA) is 60.2 Å². The van der Waals surface area contributed by atoms with Crippen molar-refractivity contribution in [3.63, 3.8) is 0 Å². The summed E-state index contributed by atoms with van der Waals surface area (Å²) < 4.78 is 7.13. The minimum absolute atomic E-state index is 0.122. The zero-order chi connectivity index (χ0) is 9.97. The Hall–Kier alpha value is -0.940. The molecule has 0 radical (unpaired) electrons. The molecule has 2 unspecified atom stereocenters. The number of aromatic nitrogens is 3. The number of hydrogen-bond donors (Lipinski definition) is 1. The lowest BCUT2D eigenvalue weighted by Gasteiger charge is -2.34. The highest BCUT2D eigenvalue weighted by molar-refractivity contribution is 4.96. The van der Waals surface area contributed by atoms with Crippen molar-refractivity contribution in [1.29, 1.82) is 0 Å². The number of hydrogen-bond acceptors (Lipinski definition) is 4. The van der Waals surface area contributed by atoms with Crippen LogP contribution in [0.1, 0.15) is 24.6 Å². The minimum atomic E-state index is 0.122. The average molecular weight is 197 g/mol. The Kier molecular flexibility index (Phi) is 2.79. The second-order valence-electron chi connectivity index (χ2n) is 3.58. The van der Waals surface area contributed by atoms with E-state index in [9.17, 15) is 0 Å². The quantitative estimate of drug-likeness (QED) is 0.747. The van der Waals surface area contributed by atoms with Gasteiger partial charge in [-0.2, -0.15) is 0 Å². The Morgan fingerprint density at radius 3 is 3.07 bits per heavy atom. The minimum Gasteiger partial charge on any atom is -0.396 e. The van der Waals surface area contributed by atoms with E-state index in [1.807, 2.05) is 10.9 Å². The predicted molar refractivity (Wildman–Crippen MR) is 49.9 cm³/mol. The van der Waals surface area contributed by atoms with Gasteiger partial charge in [-0.15, -0.1) is 5.10 Å². The maximum atomic E-state index is 8.74. The molecule has 14 heavy (non-hydrogen) atoms. The lowest BCUT2D eigenvalue weighted by Crippen LogP contribution is -2.35. The van der Waals surface area contributed by atoms with Crippen molar-refractivity contribution in [2.24, 2.45) is 0 Å². The summed E-state index contributed by atoms with van der Waals surface area (Å²) in [5.74, 6) is 0. The van der Waals surface area contributed by atoms with Crippen molar-refractivity contribution in [3.05, 3.63) is 11.9 Å². The van der Waals surface area contributed by atoms with E-state index in [4.69, 9.17) is 9.84 Å². The van der Waals surface area contributed by atoms with Crippen LogP contribution >= 0.6 is 0 Å². The molecule has 0 spiro atoms. The summed E-state index contributed by atoms with van der Waals surface area (Å²) >= 11 is 0. The molecule has 1 heterocycles. The number of aliphatic hydroxyl groups is 1. The number of ether oxygens (including phenoxy) is 1. The van der Waals surface area contributed by atoms with E-state index in [0.717, 1.165) is 18.5 Å². The molecule has 78 valence electrons. The SMILES string of the molecule is COC1CCC1n1cc(CCO)nn1. The van der Waals surface area contributed by atoms with Crippen molar-refractivity contribution >= 4 is 0 Å². The molecule has 0 aromatic carbocycles.